The number of hydrogen-bond acceptors (Lipinski definition) is 6. The van der Waals surface area contributed by atoms with Crippen LogP contribution in [0.3, 0.4) is 0 Å². The van der Waals surface area contributed by atoms with E-state index < -0.39 is 40.9 Å². The minimum absolute atomic E-state index is 0.0135. The van der Waals surface area contributed by atoms with Gasteiger partial charge in [0.25, 0.3) is 0 Å². The maximum atomic E-state index is 12.9. The lowest BCUT2D eigenvalue weighted by Crippen LogP contribution is -2.55. The summed E-state index contributed by atoms with van der Waals surface area (Å²) in [6, 6.07) is 15.6. The number of esters is 1. The van der Waals surface area contributed by atoms with Crippen LogP contribution in [-0.2, 0) is 36.5 Å². The van der Waals surface area contributed by atoms with E-state index in [1.807, 2.05) is 18.2 Å². The highest BCUT2D eigenvalue weighted by atomic mass is 32.2. The molecule has 0 bridgehead atoms. The van der Waals surface area contributed by atoms with Gasteiger partial charge in [0.2, 0.25) is 5.91 Å². The molecule has 0 aliphatic carbocycles. The highest BCUT2D eigenvalue weighted by molar-refractivity contribution is 7.85. The second-order valence-corrected chi connectivity index (χ2v) is 8.83. The maximum Gasteiger partial charge on any atom is 0.408 e. The molecule has 0 aliphatic heterocycles. The highest BCUT2D eigenvalue weighted by Crippen LogP contribution is 2.09. The van der Waals surface area contributed by atoms with Crippen molar-refractivity contribution in [2.75, 3.05) is 12.9 Å². The van der Waals surface area contributed by atoms with Gasteiger partial charge in [-0.2, -0.15) is 0 Å². The third kappa shape index (κ3) is 7.81. The average Bonchev–Trinajstić information content (AvgIpc) is 2.81. The number of nitrogens with one attached hydrogen (secondary N) is 2. The second-order valence-electron chi connectivity index (χ2n) is 7.34. The summed E-state index contributed by atoms with van der Waals surface area (Å²) in [7, 11) is -0.349. The molecule has 9 heteroatoms. The molecule has 0 radical (unpaired) electrons. The van der Waals surface area contributed by atoms with Crippen LogP contribution in [0.1, 0.15) is 19.4 Å². The molecule has 2 aromatic rings. The first-order valence-electron chi connectivity index (χ1n) is 10.1. The van der Waals surface area contributed by atoms with Crippen molar-refractivity contribution in [3.05, 3.63) is 66.2 Å². The standard InChI is InChI=1S/C23H28N2O6S/c1-16(2)20(22(27)30-3)25-21(26)19(15-32(29)18-12-8-5-9-13-18)24-23(28)31-14-17-10-6-4-7-11-17/h4-13,16,19-20H,14-15H2,1-3H3,(H,24,28)(H,25,26)/t19-,20+,32+/m0/s1. The summed E-state index contributed by atoms with van der Waals surface area (Å²) in [6.07, 6.45) is -0.835. The van der Waals surface area contributed by atoms with E-state index >= 15 is 0 Å². The Bertz CT molecular complexity index is 921. The number of methoxy groups -OCH3 is 1. The van der Waals surface area contributed by atoms with Gasteiger partial charge in [-0.25, -0.2) is 9.59 Å². The van der Waals surface area contributed by atoms with E-state index in [0.29, 0.717) is 4.90 Å². The minimum atomic E-state index is -1.58. The largest absolute Gasteiger partial charge is 0.467 e. The van der Waals surface area contributed by atoms with Crippen LogP contribution in [0.4, 0.5) is 4.79 Å². The Labute approximate surface area is 190 Å². The molecule has 2 N–H and O–H groups in total. The molecule has 0 unspecified atom stereocenters. The molecule has 0 spiro atoms. The van der Waals surface area contributed by atoms with Gasteiger partial charge < -0.3 is 20.1 Å². The Hall–Kier alpha value is -3.20. The summed E-state index contributed by atoms with van der Waals surface area (Å²) < 4.78 is 22.7. The van der Waals surface area contributed by atoms with Gasteiger partial charge in [-0.15, -0.1) is 0 Å². The molecule has 0 fully saturated rings. The second kappa shape index (κ2) is 12.6. The Morgan fingerprint density at radius 2 is 1.53 bits per heavy atom. The van der Waals surface area contributed by atoms with Crippen LogP contribution in [0.25, 0.3) is 0 Å². The lowest BCUT2D eigenvalue weighted by atomic mass is 10.0. The van der Waals surface area contributed by atoms with Crippen LogP contribution in [0, 0.1) is 5.92 Å². The summed E-state index contributed by atoms with van der Waals surface area (Å²) in [5.41, 5.74) is 0.780. The lowest BCUT2D eigenvalue weighted by Gasteiger charge is -2.24. The van der Waals surface area contributed by atoms with Crippen molar-refractivity contribution in [1.82, 2.24) is 10.6 Å². The van der Waals surface area contributed by atoms with E-state index in [-0.39, 0.29) is 18.3 Å². The molecule has 0 heterocycles. The first kappa shape index (κ1) is 25.1. The summed E-state index contributed by atoms with van der Waals surface area (Å²) in [5, 5.41) is 5.06. The SMILES string of the molecule is COC(=O)[C@H](NC(=O)[C@H](C[S@@](=O)c1ccccc1)NC(=O)OCc1ccccc1)C(C)C. The van der Waals surface area contributed by atoms with Gasteiger partial charge in [0, 0.05) is 4.90 Å². The molecule has 0 saturated carbocycles. The van der Waals surface area contributed by atoms with Crippen LogP contribution in [0.2, 0.25) is 0 Å². The minimum Gasteiger partial charge on any atom is -0.467 e. The highest BCUT2D eigenvalue weighted by Gasteiger charge is 2.31. The molecule has 0 aromatic heterocycles. The number of alkyl carbamates (subject to hydrolysis) is 1. The van der Waals surface area contributed by atoms with Gasteiger partial charge in [0.1, 0.15) is 18.7 Å². The predicted molar refractivity (Wildman–Crippen MR) is 120 cm³/mol. The molecule has 172 valence electrons. The van der Waals surface area contributed by atoms with Crippen molar-refractivity contribution < 1.29 is 28.1 Å². The molecule has 32 heavy (non-hydrogen) atoms. The zero-order chi connectivity index (χ0) is 23.5. The van der Waals surface area contributed by atoms with E-state index in [1.54, 1.807) is 56.3 Å². The van der Waals surface area contributed by atoms with E-state index in [9.17, 15) is 18.6 Å². The summed E-state index contributed by atoms with van der Waals surface area (Å²) >= 11 is 0. The van der Waals surface area contributed by atoms with Crippen LogP contribution in [0.15, 0.2) is 65.6 Å². The fraction of sp³-hybridized carbons (Fsp3) is 0.348. The monoisotopic (exact) mass is 460 g/mol. The fourth-order valence-electron chi connectivity index (χ4n) is 2.79. The number of carbonyl (C=O) groups excluding carboxylic acids is 3. The summed E-state index contributed by atoms with van der Waals surface area (Å²) in [5.74, 6) is -1.71. The van der Waals surface area contributed by atoms with Crippen molar-refractivity contribution in [3.8, 4) is 0 Å². The quantitative estimate of drug-likeness (QED) is 0.527. The molecular weight excluding hydrogens is 432 g/mol. The molecule has 2 aromatic carbocycles. The number of hydrogen-bond donors (Lipinski definition) is 2. The fourth-order valence-corrected chi connectivity index (χ4v) is 3.98. The van der Waals surface area contributed by atoms with Crippen LogP contribution >= 0.6 is 0 Å². The van der Waals surface area contributed by atoms with Crippen LogP contribution in [0.5, 0.6) is 0 Å². The molecule has 0 aliphatic rings. The Kier molecular flexibility index (Phi) is 9.87. The van der Waals surface area contributed by atoms with E-state index in [0.717, 1.165) is 5.56 Å². The molecule has 8 nitrogen and oxygen atoms in total. The van der Waals surface area contributed by atoms with Gasteiger partial charge in [-0.1, -0.05) is 62.4 Å². The third-order valence-electron chi connectivity index (χ3n) is 4.57. The van der Waals surface area contributed by atoms with Crippen molar-refractivity contribution in [1.29, 1.82) is 0 Å². The normalized spacial score (nSPS) is 13.5. The molecule has 0 saturated heterocycles. The van der Waals surface area contributed by atoms with Crippen molar-refractivity contribution in [2.24, 2.45) is 5.92 Å². The van der Waals surface area contributed by atoms with Gasteiger partial charge in [0.15, 0.2) is 0 Å². The lowest BCUT2D eigenvalue weighted by molar-refractivity contribution is -0.146. The Morgan fingerprint density at radius 1 is 0.938 bits per heavy atom. The van der Waals surface area contributed by atoms with Crippen molar-refractivity contribution >= 4 is 28.8 Å². The number of ether oxygens (including phenoxy) is 2. The summed E-state index contributed by atoms with van der Waals surface area (Å²) in [4.78, 5) is 37.8. The zero-order valence-corrected chi connectivity index (χ0v) is 19.1. The Balaban J connectivity index is 2.12. The van der Waals surface area contributed by atoms with Crippen LogP contribution in [-0.4, -0.2) is 47.1 Å². The van der Waals surface area contributed by atoms with Gasteiger partial charge >= 0.3 is 12.1 Å². The van der Waals surface area contributed by atoms with Gasteiger partial charge in [-0.05, 0) is 23.6 Å². The maximum absolute atomic E-state index is 12.9. The summed E-state index contributed by atoms with van der Waals surface area (Å²) in [6.45, 7) is 3.51. The zero-order valence-electron chi connectivity index (χ0n) is 18.3. The van der Waals surface area contributed by atoms with Crippen molar-refractivity contribution in [2.45, 2.75) is 37.4 Å². The first-order valence-corrected chi connectivity index (χ1v) is 11.4. The average molecular weight is 461 g/mol. The number of carbonyl (C=O) groups is 3. The molecule has 3 atom stereocenters. The number of rotatable bonds is 10. The van der Waals surface area contributed by atoms with Gasteiger partial charge in [-0.3, -0.25) is 9.00 Å². The predicted octanol–water partition coefficient (Wildman–Crippen LogP) is 2.40. The number of amides is 2. The molecule has 2 amide bonds. The smallest absolute Gasteiger partial charge is 0.408 e. The first-order chi connectivity index (χ1) is 15.3. The van der Waals surface area contributed by atoms with Crippen molar-refractivity contribution in [3.63, 3.8) is 0 Å². The third-order valence-corrected chi connectivity index (χ3v) is 6.00. The van der Waals surface area contributed by atoms with E-state index in [1.165, 1.54) is 7.11 Å². The van der Waals surface area contributed by atoms with E-state index in [2.05, 4.69) is 10.6 Å². The van der Waals surface area contributed by atoms with Crippen LogP contribution < -0.4 is 10.6 Å². The molecular formula is C23H28N2O6S. The number of benzene rings is 2. The Morgan fingerprint density at radius 3 is 2.09 bits per heavy atom. The molecule has 2 rings (SSSR count). The topological polar surface area (TPSA) is 111 Å². The van der Waals surface area contributed by atoms with Gasteiger partial charge in [0.05, 0.1) is 23.7 Å². The van der Waals surface area contributed by atoms with E-state index in [4.69, 9.17) is 9.47 Å².